The van der Waals surface area contributed by atoms with E-state index < -0.39 is 15.9 Å². The summed E-state index contributed by atoms with van der Waals surface area (Å²) in [6, 6.07) is 8.30. The van der Waals surface area contributed by atoms with Crippen molar-refractivity contribution >= 4 is 43.9 Å². The van der Waals surface area contributed by atoms with E-state index in [-0.39, 0.29) is 23.8 Å². The first-order valence-electron chi connectivity index (χ1n) is 13.5. The lowest BCUT2D eigenvalue weighted by Gasteiger charge is -2.48. The molecule has 39 heavy (non-hydrogen) atoms. The number of hydrogen-bond acceptors (Lipinski definition) is 10. The largest absolute Gasteiger partial charge is 0.389 e. The third-order valence-corrected chi connectivity index (χ3v) is 9.00. The average Bonchev–Trinajstić information content (AvgIpc) is 2.89. The molecular formula is C28H38N6O4S. The van der Waals surface area contributed by atoms with Crippen LogP contribution in [-0.2, 0) is 14.6 Å². The number of nitrogens with zero attached hydrogens (tertiary/aromatic N) is 5. The monoisotopic (exact) mass is 554 g/mol. The van der Waals surface area contributed by atoms with E-state index in [2.05, 4.69) is 59.2 Å². The number of aliphatic hydroxyl groups excluding tert-OH is 1. The third kappa shape index (κ3) is 5.80. The molecule has 10 nitrogen and oxygen atoms in total. The lowest BCUT2D eigenvalue weighted by Crippen LogP contribution is -2.57. The maximum Gasteiger partial charge on any atom is 0.227 e. The van der Waals surface area contributed by atoms with Gasteiger partial charge < -0.3 is 25.0 Å². The van der Waals surface area contributed by atoms with Crippen molar-refractivity contribution in [1.82, 2.24) is 15.0 Å². The summed E-state index contributed by atoms with van der Waals surface area (Å²) in [5.41, 5.74) is 2.30. The van der Waals surface area contributed by atoms with Gasteiger partial charge in [0.2, 0.25) is 5.95 Å². The molecule has 11 heteroatoms. The summed E-state index contributed by atoms with van der Waals surface area (Å²) < 4.78 is 29.0. The number of anilines is 4. The first-order chi connectivity index (χ1) is 18.5. The molecule has 0 spiro atoms. The number of piperidine rings is 1. The number of aliphatic hydroxyl groups is 1. The maximum absolute atomic E-state index is 11.8. The van der Waals surface area contributed by atoms with Crippen LogP contribution in [0.4, 0.5) is 23.3 Å². The highest BCUT2D eigenvalue weighted by atomic mass is 32.2. The van der Waals surface area contributed by atoms with Gasteiger partial charge in [-0.15, -0.1) is 0 Å². The van der Waals surface area contributed by atoms with E-state index >= 15 is 0 Å². The van der Waals surface area contributed by atoms with Crippen molar-refractivity contribution in [2.24, 2.45) is 5.92 Å². The van der Waals surface area contributed by atoms with Crippen molar-refractivity contribution in [3.05, 3.63) is 42.2 Å². The van der Waals surface area contributed by atoms with E-state index in [0.29, 0.717) is 49.6 Å². The summed E-state index contributed by atoms with van der Waals surface area (Å²) in [6.07, 6.45) is 4.84. The topological polar surface area (TPSA) is 121 Å². The zero-order chi connectivity index (χ0) is 27.9. The van der Waals surface area contributed by atoms with Gasteiger partial charge in [-0.2, -0.15) is 4.98 Å². The van der Waals surface area contributed by atoms with E-state index in [1.807, 2.05) is 11.1 Å². The number of fused-ring (bicyclic) bond motifs is 1. The summed E-state index contributed by atoms with van der Waals surface area (Å²) in [5.74, 6) is 2.50. The van der Waals surface area contributed by atoms with E-state index in [4.69, 9.17) is 9.72 Å². The summed E-state index contributed by atoms with van der Waals surface area (Å²) in [7, 11) is -1.39. The molecule has 0 unspecified atom stereocenters. The normalized spacial score (nSPS) is 23.8. The molecule has 2 aromatic heterocycles. The van der Waals surface area contributed by atoms with Crippen LogP contribution in [0.3, 0.4) is 0 Å². The Bertz CT molecular complexity index is 1450. The van der Waals surface area contributed by atoms with Gasteiger partial charge in [-0.3, -0.25) is 0 Å². The van der Waals surface area contributed by atoms with Gasteiger partial charge in [-0.05, 0) is 48.4 Å². The van der Waals surface area contributed by atoms with Gasteiger partial charge in [-0.25, -0.2) is 18.4 Å². The second kappa shape index (κ2) is 10.9. The molecule has 1 aromatic carbocycles. The second-order valence-corrected chi connectivity index (χ2v) is 13.3. The highest BCUT2D eigenvalue weighted by Crippen LogP contribution is 2.39. The van der Waals surface area contributed by atoms with E-state index in [0.717, 1.165) is 16.5 Å². The first kappa shape index (κ1) is 27.5. The fourth-order valence-corrected chi connectivity index (χ4v) is 6.89. The molecule has 0 amide bonds. The van der Waals surface area contributed by atoms with Crippen molar-refractivity contribution < 1.29 is 18.3 Å². The van der Waals surface area contributed by atoms with Gasteiger partial charge in [0, 0.05) is 68.4 Å². The Morgan fingerprint density at radius 1 is 1.15 bits per heavy atom. The molecule has 0 bridgehead atoms. The number of sulfone groups is 1. The quantitative estimate of drug-likeness (QED) is 0.429. The zero-order valence-corrected chi connectivity index (χ0v) is 24.0. The molecule has 2 N–H and O–H groups in total. The van der Waals surface area contributed by atoms with Crippen LogP contribution in [0.15, 0.2) is 36.7 Å². The van der Waals surface area contributed by atoms with Crippen molar-refractivity contribution in [2.75, 3.05) is 53.9 Å². The molecule has 0 aliphatic carbocycles. The van der Waals surface area contributed by atoms with Gasteiger partial charge in [0.05, 0.1) is 18.0 Å². The molecule has 4 heterocycles. The molecule has 3 aromatic rings. The van der Waals surface area contributed by atoms with Crippen molar-refractivity contribution in [1.29, 1.82) is 0 Å². The van der Waals surface area contributed by atoms with E-state index in [1.165, 1.54) is 11.8 Å². The van der Waals surface area contributed by atoms with Crippen LogP contribution in [0.1, 0.15) is 38.7 Å². The minimum atomic E-state index is -3.01. The molecule has 2 saturated heterocycles. The Kier molecular flexibility index (Phi) is 7.67. The molecule has 0 saturated carbocycles. The number of rotatable bonds is 8. The Labute approximate surface area is 230 Å². The zero-order valence-electron chi connectivity index (χ0n) is 23.2. The Morgan fingerprint density at radius 2 is 1.95 bits per heavy atom. The van der Waals surface area contributed by atoms with Crippen molar-refractivity contribution in [3.8, 4) is 0 Å². The lowest BCUT2D eigenvalue weighted by atomic mass is 9.88. The fourth-order valence-electron chi connectivity index (χ4n) is 5.72. The lowest BCUT2D eigenvalue weighted by molar-refractivity contribution is -0.0219. The van der Waals surface area contributed by atoms with Crippen LogP contribution in [0.5, 0.6) is 0 Å². The van der Waals surface area contributed by atoms with Gasteiger partial charge in [0.25, 0.3) is 0 Å². The number of β-amino-alcohol motifs (C(OH)–C–C–N with tert-alkyl or cyclic N) is 1. The predicted molar refractivity (Wildman–Crippen MR) is 155 cm³/mol. The van der Waals surface area contributed by atoms with Crippen LogP contribution in [0.25, 0.3) is 10.8 Å². The summed E-state index contributed by atoms with van der Waals surface area (Å²) in [5, 5.41) is 15.9. The maximum atomic E-state index is 11.8. The second-order valence-electron chi connectivity index (χ2n) is 11.1. The minimum Gasteiger partial charge on any atom is -0.389 e. The molecule has 2 aliphatic heterocycles. The Hall–Kier alpha value is -3.02. The van der Waals surface area contributed by atoms with E-state index in [1.54, 1.807) is 19.4 Å². The molecule has 4 atom stereocenters. The molecule has 0 radical (unpaired) electrons. The van der Waals surface area contributed by atoms with Gasteiger partial charge in [0.15, 0.2) is 0 Å². The highest BCUT2D eigenvalue weighted by Gasteiger charge is 2.38. The SMILES string of the molecule is CO[C@@H]1CCN(c2nccc(Nc3cc4c(C(C)C)ccc(N5C[C@H](CS(C)(=O)=O)[C@H]5C)c4cn3)n2)C[C@@H]1O. The van der Waals surface area contributed by atoms with Gasteiger partial charge in [0.1, 0.15) is 21.5 Å². The van der Waals surface area contributed by atoms with Crippen LogP contribution >= 0.6 is 0 Å². The van der Waals surface area contributed by atoms with Crippen LogP contribution < -0.4 is 15.1 Å². The van der Waals surface area contributed by atoms with Crippen molar-refractivity contribution in [2.45, 2.75) is 51.4 Å². The number of benzene rings is 1. The molecular weight excluding hydrogens is 516 g/mol. The number of nitrogens with one attached hydrogen (secondary N) is 1. The number of aromatic nitrogens is 3. The first-order valence-corrected chi connectivity index (χ1v) is 15.5. The summed E-state index contributed by atoms with van der Waals surface area (Å²) >= 11 is 0. The average molecular weight is 555 g/mol. The van der Waals surface area contributed by atoms with Crippen LogP contribution in [-0.4, -0.2) is 85.5 Å². The Morgan fingerprint density at radius 3 is 2.62 bits per heavy atom. The number of hydrogen-bond donors (Lipinski definition) is 2. The fraction of sp³-hybridized carbons (Fsp3) is 0.536. The highest BCUT2D eigenvalue weighted by molar-refractivity contribution is 7.90. The molecule has 5 rings (SSSR count). The smallest absolute Gasteiger partial charge is 0.227 e. The number of methoxy groups -OCH3 is 1. The predicted octanol–water partition coefficient (Wildman–Crippen LogP) is 3.35. The van der Waals surface area contributed by atoms with Gasteiger partial charge in [-0.1, -0.05) is 19.9 Å². The summed E-state index contributed by atoms with van der Waals surface area (Å²) in [6.45, 7) is 8.27. The summed E-state index contributed by atoms with van der Waals surface area (Å²) in [4.78, 5) is 18.1. The van der Waals surface area contributed by atoms with E-state index in [9.17, 15) is 13.5 Å². The third-order valence-electron chi connectivity index (χ3n) is 7.97. The molecule has 2 fully saturated rings. The standard InChI is InChI=1S/C28H38N6O4S/c1-17(2)20-6-7-23(34-14-19(18(34)3)16-39(5,36)37)22-13-30-27(12-21(20)22)31-26-8-10-29-28(32-26)33-11-9-25(38-4)24(35)15-33/h6-8,10,12-13,17-19,24-25,35H,9,11,14-16H2,1-5H3,(H,29,30,31,32)/t18-,19-,24+,25-/m1/s1. The Balaban J connectivity index is 1.40. The van der Waals surface area contributed by atoms with Crippen molar-refractivity contribution in [3.63, 3.8) is 0 Å². The van der Waals surface area contributed by atoms with Crippen LogP contribution in [0.2, 0.25) is 0 Å². The molecule has 2 aliphatic rings. The molecule has 210 valence electrons. The van der Waals surface area contributed by atoms with Gasteiger partial charge >= 0.3 is 0 Å². The number of pyridine rings is 1. The van der Waals surface area contributed by atoms with Crippen LogP contribution in [0, 0.1) is 5.92 Å². The minimum absolute atomic E-state index is 0.127. The number of ether oxygens (including phenoxy) is 1.